The summed E-state index contributed by atoms with van der Waals surface area (Å²) in [5.74, 6) is -0.161. The van der Waals surface area contributed by atoms with Crippen LogP contribution in [0.1, 0.15) is 23.2 Å². The molecule has 1 rings (SSSR count). The number of ketones is 1. The first-order chi connectivity index (χ1) is 10.5. The Morgan fingerprint density at radius 3 is 2.27 bits per heavy atom. The van der Waals surface area contributed by atoms with E-state index >= 15 is 0 Å². The number of Topliss-reactive ketones (excluding diaryl/α,β-unsaturated/α-hetero) is 1. The number of nitrogens with one attached hydrogen (secondary N) is 1. The lowest BCUT2D eigenvalue weighted by Crippen LogP contribution is -2.30. The summed E-state index contributed by atoms with van der Waals surface area (Å²) in [7, 11) is 4.21. The number of rotatable bonds is 8. The van der Waals surface area contributed by atoms with Crippen molar-refractivity contribution in [3.8, 4) is 11.5 Å². The van der Waals surface area contributed by atoms with Crippen molar-refractivity contribution in [1.82, 2.24) is 5.32 Å². The number of ether oxygens (including phenoxy) is 3. The number of carbonyl (C=O) groups is 3. The number of esters is 1. The van der Waals surface area contributed by atoms with E-state index in [4.69, 9.17) is 9.47 Å². The molecule has 7 nitrogen and oxygen atoms in total. The number of methoxy groups -OCH3 is 3. The average Bonchev–Trinajstić information content (AvgIpc) is 2.56. The van der Waals surface area contributed by atoms with Crippen LogP contribution in [-0.4, -0.2) is 45.5 Å². The Morgan fingerprint density at radius 2 is 1.68 bits per heavy atom. The van der Waals surface area contributed by atoms with Crippen molar-refractivity contribution in [3.05, 3.63) is 23.8 Å². The molecule has 0 bridgehead atoms. The highest BCUT2D eigenvalue weighted by atomic mass is 16.5. The molecule has 0 radical (unpaired) electrons. The SMILES string of the molecule is COC(=O)CNC(=O)CCC(=O)c1ccc(OC)c(OC)c1. The lowest BCUT2D eigenvalue weighted by molar-refractivity contribution is -0.141. The first-order valence-electron chi connectivity index (χ1n) is 6.60. The summed E-state index contributed by atoms with van der Waals surface area (Å²) in [6.45, 7) is -0.208. The van der Waals surface area contributed by atoms with Crippen molar-refractivity contribution in [1.29, 1.82) is 0 Å². The van der Waals surface area contributed by atoms with Gasteiger partial charge in [0.1, 0.15) is 6.54 Å². The number of carbonyl (C=O) groups excluding carboxylic acids is 3. The Bertz CT molecular complexity index is 555. The Labute approximate surface area is 128 Å². The number of amides is 1. The summed E-state index contributed by atoms with van der Waals surface area (Å²) in [6, 6.07) is 4.80. The van der Waals surface area contributed by atoms with Crippen LogP contribution in [0.25, 0.3) is 0 Å². The van der Waals surface area contributed by atoms with Crippen LogP contribution in [0.2, 0.25) is 0 Å². The van der Waals surface area contributed by atoms with Crippen LogP contribution in [0, 0.1) is 0 Å². The second-order valence-corrected chi connectivity index (χ2v) is 4.35. The van der Waals surface area contributed by atoms with Crippen LogP contribution in [0.5, 0.6) is 11.5 Å². The minimum absolute atomic E-state index is 0.00975. The summed E-state index contributed by atoms with van der Waals surface area (Å²) >= 11 is 0. The minimum atomic E-state index is -0.542. The molecule has 7 heteroatoms. The highest BCUT2D eigenvalue weighted by molar-refractivity contribution is 5.98. The average molecular weight is 309 g/mol. The van der Waals surface area contributed by atoms with Crippen LogP contribution < -0.4 is 14.8 Å². The Morgan fingerprint density at radius 1 is 1.00 bits per heavy atom. The third-order valence-corrected chi connectivity index (χ3v) is 2.94. The molecule has 0 heterocycles. The van der Waals surface area contributed by atoms with Crippen LogP contribution >= 0.6 is 0 Å². The van der Waals surface area contributed by atoms with E-state index in [9.17, 15) is 14.4 Å². The van der Waals surface area contributed by atoms with Gasteiger partial charge in [-0.3, -0.25) is 14.4 Å². The van der Waals surface area contributed by atoms with Crippen LogP contribution in [-0.2, 0) is 14.3 Å². The van der Waals surface area contributed by atoms with Gasteiger partial charge in [-0.05, 0) is 18.2 Å². The van der Waals surface area contributed by atoms with Gasteiger partial charge in [0.15, 0.2) is 17.3 Å². The fourth-order valence-electron chi connectivity index (χ4n) is 1.71. The molecule has 1 aromatic rings. The lowest BCUT2D eigenvalue weighted by atomic mass is 10.1. The fourth-order valence-corrected chi connectivity index (χ4v) is 1.71. The molecule has 1 aromatic carbocycles. The standard InChI is InChI=1S/C15H19NO6/c1-20-12-6-4-10(8-13(12)21-2)11(17)5-7-14(18)16-9-15(19)22-3/h4,6,8H,5,7,9H2,1-3H3,(H,16,18). The molecular weight excluding hydrogens is 290 g/mol. The molecule has 0 aliphatic rings. The molecular formula is C15H19NO6. The summed E-state index contributed by atoms with van der Waals surface area (Å²) < 4.78 is 14.6. The van der Waals surface area contributed by atoms with E-state index in [-0.39, 0.29) is 31.1 Å². The topological polar surface area (TPSA) is 90.9 Å². The van der Waals surface area contributed by atoms with E-state index in [1.54, 1.807) is 18.2 Å². The van der Waals surface area contributed by atoms with Crippen molar-refractivity contribution in [3.63, 3.8) is 0 Å². The monoisotopic (exact) mass is 309 g/mol. The predicted octanol–water partition coefficient (Wildman–Crippen LogP) is 0.956. The van der Waals surface area contributed by atoms with Gasteiger partial charge < -0.3 is 19.5 Å². The maximum absolute atomic E-state index is 12.0. The van der Waals surface area contributed by atoms with E-state index < -0.39 is 5.97 Å². The summed E-state index contributed by atoms with van der Waals surface area (Å²) in [5, 5.41) is 2.37. The molecule has 0 spiro atoms. The summed E-state index contributed by atoms with van der Waals surface area (Å²) in [4.78, 5) is 34.4. The molecule has 0 aliphatic heterocycles. The molecule has 0 atom stereocenters. The van der Waals surface area contributed by atoms with E-state index in [1.165, 1.54) is 21.3 Å². The number of hydrogen-bond acceptors (Lipinski definition) is 6. The molecule has 0 saturated carbocycles. The molecule has 1 amide bonds. The summed E-state index contributed by atoms with van der Waals surface area (Å²) in [6.07, 6.45) is 0.0205. The molecule has 0 unspecified atom stereocenters. The fraction of sp³-hybridized carbons (Fsp3) is 0.400. The van der Waals surface area contributed by atoms with Gasteiger partial charge in [0.05, 0.1) is 21.3 Å². The number of hydrogen-bond donors (Lipinski definition) is 1. The van der Waals surface area contributed by atoms with Crippen LogP contribution in [0.4, 0.5) is 0 Å². The van der Waals surface area contributed by atoms with Crippen molar-refractivity contribution in [2.75, 3.05) is 27.9 Å². The zero-order chi connectivity index (χ0) is 16.5. The molecule has 0 fully saturated rings. The predicted molar refractivity (Wildman–Crippen MR) is 78.1 cm³/mol. The second-order valence-electron chi connectivity index (χ2n) is 4.35. The van der Waals surface area contributed by atoms with Gasteiger partial charge in [-0.2, -0.15) is 0 Å². The third kappa shape index (κ3) is 5.08. The lowest BCUT2D eigenvalue weighted by Gasteiger charge is -2.09. The maximum atomic E-state index is 12.0. The number of benzene rings is 1. The third-order valence-electron chi connectivity index (χ3n) is 2.94. The zero-order valence-corrected chi connectivity index (χ0v) is 12.8. The Balaban J connectivity index is 2.55. The maximum Gasteiger partial charge on any atom is 0.325 e. The molecule has 0 aromatic heterocycles. The van der Waals surface area contributed by atoms with Crippen molar-refractivity contribution >= 4 is 17.7 Å². The van der Waals surface area contributed by atoms with E-state index in [2.05, 4.69) is 10.1 Å². The van der Waals surface area contributed by atoms with E-state index in [0.29, 0.717) is 17.1 Å². The van der Waals surface area contributed by atoms with Gasteiger partial charge in [0.2, 0.25) is 5.91 Å². The van der Waals surface area contributed by atoms with Crippen LogP contribution in [0.3, 0.4) is 0 Å². The van der Waals surface area contributed by atoms with Crippen LogP contribution in [0.15, 0.2) is 18.2 Å². The Kier molecular flexibility index (Phi) is 6.88. The zero-order valence-electron chi connectivity index (χ0n) is 12.8. The molecule has 120 valence electrons. The quantitative estimate of drug-likeness (QED) is 0.568. The minimum Gasteiger partial charge on any atom is -0.493 e. The summed E-state index contributed by atoms with van der Waals surface area (Å²) in [5.41, 5.74) is 0.429. The van der Waals surface area contributed by atoms with Gasteiger partial charge in [0.25, 0.3) is 0 Å². The van der Waals surface area contributed by atoms with Crippen molar-refractivity contribution in [2.24, 2.45) is 0 Å². The second kappa shape index (κ2) is 8.66. The van der Waals surface area contributed by atoms with E-state index in [1.807, 2.05) is 0 Å². The van der Waals surface area contributed by atoms with E-state index in [0.717, 1.165) is 0 Å². The van der Waals surface area contributed by atoms with Gasteiger partial charge in [-0.25, -0.2) is 0 Å². The van der Waals surface area contributed by atoms with Gasteiger partial charge >= 0.3 is 5.97 Å². The van der Waals surface area contributed by atoms with Crippen molar-refractivity contribution in [2.45, 2.75) is 12.8 Å². The van der Waals surface area contributed by atoms with Gasteiger partial charge in [-0.15, -0.1) is 0 Å². The normalized spacial score (nSPS) is 9.77. The molecule has 0 saturated heterocycles. The van der Waals surface area contributed by atoms with Crippen molar-refractivity contribution < 1.29 is 28.6 Å². The molecule has 1 N–H and O–H groups in total. The smallest absolute Gasteiger partial charge is 0.325 e. The molecule has 22 heavy (non-hydrogen) atoms. The Hall–Kier alpha value is -2.57. The van der Waals surface area contributed by atoms with Gasteiger partial charge in [0, 0.05) is 18.4 Å². The first-order valence-corrected chi connectivity index (χ1v) is 6.60. The largest absolute Gasteiger partial charge is 0.493 e. The van der Waals surface area contributed by atoms with Gasteiger partial charge in [-0.1, -0.05) is 0 Å². The highest BCUT2D eigenvalue weighted by Crippen LogP contribution is 2.28. The molecule has 0 aliphatic carbocycles. The first kappa shape index (κ1) is 17.5. The highest BCUT2D eigenvalue weighted by Gasteiger charge is 2.13.